The molecule has 0 aromatic heterocycles. The second-order valence-corrected chi connectivity index (χ2v) is 7.15. The summed E-state index contributed by atoms with van der Waals surface area (Å²) in [6.45, 7) is 0. The average molecular weight is 502 g/mol. The van der Waals surface area contributed by atoms with Crippen LogP contribution >= 0.6 is 0 Å². The van der Waals surface area contributed by atoms with Gasteiger partial charge in [0, 0.05) is 55.0 Å². The monoisotopic (exact) mass is 501 g/mol. The van der Waals surface area contributed by atoms with Crippen LogP contribution in [0.2, 0.25) is 0 Å². The quantitative estimate of drug-likeness (QED) is 0.301. The van der Waals surface area contributed by atoms with Gasteiger partial charge >= 0.3 is 0 Å². The normalized spacial score (nSPS) is 9.00. The first-order valence-electron chi connectivity index (χ1n) is 7.98. The molecule has 13 heteroatoms. The minimum Gasteiger partial charge on any atom is -0.258 e. The van der Waals surface area contributed by atoms with Crippen LogP contribution in [0.1, 0.15) is 0 Å². The van der Waals surface area contributed by atoms with Crippen molar-refractivity contribution in [3.8, 4) is 0 Å². The van der Waals surface area contributed by atoms with Gasteiger partial charge in [0.1, 0.15) is 0 Å². The standard InChI is InChI=1S/3C6H4NO2Si.V/c3*8-7(9)5-2-1-3-6(10)4-5;/h3*1-4H;. The Morgan fingerprint density at radius 3 is 0.871 bits per heavy atom. The third kappa shape index (κ3) is 11.2. The van der Waals surface area contributed by atoms with Crippen molar-refractivity contribution in [2.45, 2.75) is 0 Å². The summed E-state index contributed by atoms with van der Waals surface area (Å²) in [4.78, 5) is 29.1. The molecule has 0 saturated heterocycles. The van der Waals surface area contributed by atoms with Gasteiger partial charge in [0.25, 0.3) is 17.1 Å². The fraction of sp³-hybridized carbons (Fsp3) is 0. The third-order valence-corrected chi connectivity index (χ3v) is 4.10. The number of nitrogens with zero attached hydrogens (tertiary/aromatic N) is 3. The third-order valence-electron chi connectivity index (χ3n) is 3.17. The van der Waals surface area contributed by atoms with Crippen molar-refractivity contribution < 1.29 is 33.3 Å². The van der Waals surface area contributed by atoms with Crippen molar-refractivity contribution in [3.05, 3.63) is 103 Å². The molecular formula is C18H12N3O6Si3V. The average Bonchev–Trinajstić information content (AvgIpc) is 2.69. The molecule has 3 aromatic carbocycles. The zero-order chi connectivity index (χ0) is 22.7. The number of rotatable bonds is 3. The van der Waals surface area contributed by atoms with Gasteiger partial charge in [-0.15, -0.1) is 0 Å². The van der Waals surface area contributed by atoms with Crippen LogP contribution < -0.4 is 15.6 Å². The van der Waals surface area contributed by atoms with Crippen LogP contribution in [0.4, 0.5) is 17.1 Å². The van der Waals surface area contributed by atoms with E-state index in [0.29, 0.717) is 15.6 Å². The van der Waals surface area contributed by atoms with Gasteiger partial charge in [0.15, 0.2) is 0 Å². The van der Waals surface area contributed by atoms with Crippen molar-refractivity contribution in [3.63, 3.8) is 0 Å². The maximum Gasteiger partial charge on any atom is 0.269 e. The Bertz CT molecular complexity index is 923. The number of non-ortho nitro benzene ring substituents is 3. The maximum absolute atomic E-state index is 10.1. The summed E-state index contributed by atoms with van der Waals surface area (Å²) in [5.74, 6) is 0. The molecule has 0 aliphatic carbocycles. The van der Waals surface area contributed by atoms with Gasteiger partial charge in [-0.25, -0.2) is 0 Å². The summed E-state index contributed by atoms with van der Waals surface area (Å²) < 4.78 is 0. The molecule has 0 fully saturated rings. The van der Waals surface area contributed by atoms with E-state index in [1.54, 1.807) is 36.4 Å². The Morgan fingerprint density at radius 1 is 0.516 bits per heavy atom. The SMILES string of the molecule is O=[N+]([O-])c1cccc([Si])c1.O=[N+]([O-])c1cccc([Si])c1.O=[N+]([O-])c1cccc([Si])c1.[V]. The second-order valence-electron chi connectivity index (χ2n) is 5.42. The molecule has 0 aliphatic heterocycles. The van der Waals surface area contributed by atoms with E-state index >= 15 is 0 Å². The van der Waals surface area contributed by atoms with E-state index in [4.69, 9.17) is 0 Å². The van der Waals surface area contributed by atoms with E-state index in [1.165, 1.54) is 36.4 Å². The first kappa shape index (κ1) is 28.1. The van der Waals surface area contributed by atoms with E-state index in [9.17, 15) is 30.3 Å². The van der Waals surface area contributed by atoms with Crippen LogP contribution in [0.15, 0.2) is 72.8 Å². The van der Waals surface area contributed by atoms with Crippen LogP contribution in [-0.2, 0) is 18.6 Å². The summed E-state index contributed by atoms with van der Waals surface area (Å²) in [5.41, 5.74) is 0.313. The molecule has 0 spiro atoms. The minimum absolute atomic E-state index is 0. The summed E-state index contributed by atoms with van der Waals surface area (Å²) in [7, 11) is 9.52. The first-order chi connectivity index (χ1) is 14.1. The maximum atomic E-state index is 10.1. The van der Waals surface area contributed by atoms with Crippen LogP contribution in [0.5, 0.6) is 0 Å². The van der Waals surface area contributed by atoms with Crippen molar-refractivity contribution >= 4 is 63.3 Å². The van der Waals surface area contributed by atoms with Gasteiger partial charge in [-0.2, -0.15) is 0 Å². The van der Waals surface area contributed by atoms with Crippen LogP contribution in [0.3, 0.4) is 0 Å². The molecule has 31 heavy (non-hydrogen) atoms. The Labute approximate surface area is 199 Å². The largest absolute Gasteiger partial charge is 0.269 e. The van der Waals surface area contributed by atoms with Gasteiger partial charge in [-0.1, -0.05) is 52.0 Å². The van der Waals surface area contributed by atoms with Gasteiger partial charge in [0.2, 0.25) is 0 Å². The molecule has 0 heterocycles. The molecule has 0 saturated carbocycles. The van der Waals surface area contributed by atoms with Gasteiger partial charge in [0.05, 0.1) is 45.5 Å². The van der Waals surface area contributed by atoms with E-state index in [2.05, 4.69) is 30.7 Å². The summed E-state index contributed by atoms with van der Waals surface area (Å²) in [6, 6.07) is 18.8. The molecule has 9 nitrogen and oxygen atoms in total. The Hall–Kier alpha value is -2.90. The van der Waals surface area contributed by atoms with E-state index < -0.39 is 14.8 Å². The van der Waals surface area contributed by atoms with Crippen molar-refractivity contribution in [2.24, 2.45) is 0 Å². The van der Waals surface area contributed by atoms with Gasteiger partial charge in [-0.05, 0) is 0 Å². The molecule has 0 N–H and O–H groups in total. The minimum atomic E-state index is -0.427. The number of nitro benzene ring substituents is 3. The van der Waals surface area contributed by atoms with E-state index in [1.807, 2.05) is 0 Å². The molecular weight excluding hydrogens is 489 g/mol. The van der Waals surface area contributed by atoms with Crippen molar-refractivity contribution in [2.75, 3.05) is 0 Å². The second kappa shape index (κ2) is 14.2. The van der Waals surface area contributed by atoms with Crippen molar-refractivity contribution in [1.29, 1.82) is 0 Å². The number of hydrogen-bond donors (Lipinski definition) is 0. The molecule has 152 valence electrons. The van der Waals surface area contributed by atoms with Crippen molar-refractivity contribution in [1.82, 2.24) is 0 Å². The summed E-state index contributed by atoms with van der Waals surface area (Å²) >= 11 is 0. The predicted octanol–water partition coefficient (Wildman–Crippen LogP) is 1.16. The van der Waals surface area contributed by atoms with E-state index in [0.717, 1.165) is 0 Å². The molecule has 0 atom stereocenters. The fourth-order valence-corrected chi connectivity index (χ4v) is 2.59. The Balaban J connectivity index is 0.000000429. The first-order valence-corrected chi connectivity index (χ1v) is 9.48. The van der Waals surface area contributed by atoms with Gasteiger partial charge < -0.3 is 0 Å². The van der Waals surface area contributed by atoms with E-state index in [-0.39, 0.29) is 35.6 Å². The number of nitro groups is 3. The Kier molecular flexibility index (Phi) is 12.8. The topological polar surface area (TPSA) is 129 Å². The summed E-state index contributed by atoms with van der Waals surface area (Å²) in [5, 5.41) is 32.6. The molecule has 0 bridgehead atoms. The summed E-state index contributed by atoms with van der Waals surface area (Å²) in [6.07, 6.45) is 0. The molecule has 3 aromatic rings. The zero-order valence-electron chi connectivity index (χ0n) is 15.7. The molecule has 0 aliphatic rings. The fourth-order valence-electron chi connectivity index (χ4n) is 1.86. The number of hydrogen-bond acceptors (Lipinski definition) is 6. The zero-order valence-corrected chi connectivity index (χ0v) is 20.1. The number of benzene rings is 3. The molecule has 10 radical (unpaired) electrons. The molecule has 0 amide bonds. The predicted molar refractivity (Wildman–Crippen MR) is 115 cm³/mol. The van der Waals surface area contributed by atoms with Gasteiger partial charge in [-0.3, -0.25) is 30.3 Å². The smallest absolute Gasteiger partial charge is 0.258 e. The molecule has 3 rings (SSSR count). The van der Waals surface area contributed by atoms with Crippen LogP contribution in [0.25, 0.3) is 0 Å². The van der Waals surface area contributed by atoms with Crippen LogP contribution in [0, 0.1) is 30.3 Å². The van der Waals surface area contributed by atoms with Crippen LogP contribution in [-0.4, -0.2) is 45.5 Å². The molecule has 0 unspecified atom stereocenters. The Morgan fingerprint density at radius 2 is 0.742 bits per heavy atom.